The van der Waals surface area contributed by atoms with E-state index in [0.717, 1.165) is 18.6 Å². The molecular weight excluding hydrogens is 312 g/mol. The van der Waals surface area contributed by atoms with Gasteiger partial charge in [0.25, 0.3) is 10.1 Å². The highest BCUT2D eigenvalue weighted by Gasteiger charge is 2.06. The molecule has 1 rings (SSSR count). The van der Waals surface area contributed by atoms with Gasteiger partial charge in [-0.05, 0) is 30.9 Å². The standard InChI is InChI=1S/C18H30O4S/c1-2-3-4-5-6-7-8-12-17-13-9-10-14-18(17)22-15-11-16-23(19,20)21/h9-10,13-14H,2-8,11-12,15-16H2,1H3,(H,19,20,21). The van der Waals surface area contributed by atoms with E-state index < -0.39 is 10.1 Å². The average molecular weight is 343 g/mol. The van der Waals surface area contributed by atoms with E-state index in [2.05, 4.69) is 13.0 Å². The Morgan fingerprint density at radius 3 is 2.30 bits per heavy atom. The number of rotatable bonds is 13. The summed E-state index contributed by atoms with van der Waals surface area (Å²) >= 11 is 0. The van der Waals surface area contributed by atoms with Crippen LogP contribution in [0, 0.1) is 0 Å². The third-order valence-corrected chi connectivity index (χ3v) is 4.63. The third kappa shape index (κ3) is 10.3. The van der Waals surface area contributed by atoms with Gasteiger partial charge < -0.3 is 4.74 Å². The molecule has 1 aromatic carbocycles. The van der Waals surface area contributed by atoms with E-state index in [0.29, 0.717) is 13.0 Å². The molecule has 5 heteroatoms. The van der Waals surface area contributed by atoms with Crippen LogP contribution in [-0.2, 0) is 16.5 Å². The molecule has 0 aliphatic carbocycles. The molecule has 0 radical (unpaired) electrons. The van der Waals surface area contributed by atoms with Gasteiger partial charge in [-0.15, -0.1) is 0 Å². The number of ether oxygens (including phenoxy) is 1. The van der Waals surface area contributed by atoms with Gasteiger partial charge in [0.15, 0.2) is 0 Å². The van der Waals surface area contributed by atoms with Crippen molar-refractivity contribution < 1.29 is 17.7 Å². The lowest BCUT2D eigenvalue weighted by atomic mass is 10.0. The van der Waals surface area contributed by atoms with E-state index in [1.54, 1.807) is 0 Å². The van der Waals surface area contributed by atoms with Crippen molar-refractivity contribution in [2.45, 2.75) is 64.7 Å². The van der Waals surface area contributed by atoms with Gasteiger partial charge in [-0.25, -0.2) is 0 Å². The second-order valence-electron chi connectivity index (χ2n) is 5.97. The van der Waals surface area contributed by atoms with Crippen molar-refractivity contribution in [2.75, 3.05) is 12.4 Å². The van der Waals surface area contributed by atoms with Crippen LogP contribution in [0.2, 0.25) is 0 Å². The summed E-state index contributed by atoms with van der Waals surface area (Å²) in [7, 11) is -3.90. The van der Waals surface area contributed by atoms with Gasteiger partial charge in [-0.1, -0.05) is 63.6 Å². The highest BCUT2D eigenvalue weighted by molar-refractivity contribution is 7.85. The van der Waals surface area contributed by atoms with Crippen molar-refractivity contribution >= 4 is 10.1 Å². The second-order valence-corrected chi connectivity index (χ2v) is 7.54. The maximum absolute atomic E-state index is 10.7. The Morgan fingerprint density at radius 1 is 0.957 bits per heavy atom. The average Bonchev–Trinajstić information content (AvgIpc) is 2.51. The number of para-hydroxylation sites is 1. The van der Waals surface area contributed by atoms with Crippen LogP contribution in [0.15, 0.2) is 24.3 Å². The van der Waals surface area contributed by atoms with E-state index in [1.807, 2.05) is 18.2 Å². The molecule has 0 unspecified atom stereocenters. The summed E-state index contributed by atoms with van der Waals surface area (Å²) in [6.07, 6.45) is 10.2. The van der Waals surface area contributed by atoms with Crippen LogP contribution in [0.3, 0.4) is 0 Å². The second kappa shape index (κ2) is 11.5. The monoisotopic (exact) mass is 342 g/mol. The van der Waals surface area contributed by atoms with Gasteiger partial charge in [0.2, 0.25) is 0 Å². The van der Waals surface area contributed by atoms with Gasteiger partial charge in [0.1, 0.15) is 5.75 Å². The first kappa shape index (κ1) is 20.0. The molecule has 0 aromatic heterocycles. The molecule has 0 aliphatic rings. The number of unbranched alkanes of at least 4 members (excludes halogenated alkanes) is 6. The Labute approximate surface area is 141 Å². The molecule has 0 amide bonds. The van der Waals surface area contributed by atoms with E-state index >= 15 is 0 Å². The predicted molar refractivity (Wildman–Crippen MR) is 94.7 cm³/mol. The predicted octanol–water partition coefficient (Wildman–Crippen LogP) is 4.64. The fraction of sp³-hybridized carbons (Fsp3) is 0.667. The Bertz CT molecular complexity index is 526. The minimum absolute atomic E-state index is 0.257. The number of hydrogen-bond acceptors (Lipinski definition) is 3. The molecule has 0 aliphatic heterocycles. The Morgan fingerprint density at radius 2 is 1.61 bits per heavy atom. The summed E-state index contributed by atoms with van der Waals surface area (Å²) in [6.45, 7) is 2.53. The third-order valence-electron chi connectivity index (χ3n) is 3.83. The van der Waals surface area contributed by atoms with Crippen molar-refractivity contribution in [2.24, 2.45) is 0 Å². The molecule has 0 bridgehead atoms. The normalized spacial score (nSPS) is 11.6. The van der Waals surface area contributed by atoms with Crippen molar-refractivity contribution in [1.82, 2.24) is 0 Å². The Hall–Kier alpha value is -1.07. The van der Waals surface area contributed by atoms with Crippen LogP contribution in [0.1, 0.15) is 63.9 Å². The van der Waals surface area contributed by atoms with E-state index in [4.69, 9.17) is 9.29 Å². The van der Waals surface area contributed by atoms with Gasteiger partial charge >= 0.3 is 0 Å². The molecular formula is C18H30O4S. The highest BCUT2D eigenvalue weighted by Crippen LogP contribution is 2.21. The van der Waals surface area contributed by atoms with Crippen LogP contribution in [0.5, 0.6) is 5.75 Å². The molecule has 0 atom stereocenters. The smallest absolute Gasteiger partial charge is 0.264 e. The summed E-state index contributed by atoms with van der Waals surface area (Å²) in [6, 6.07) is 7.91. The zero-order chi connectivity index (χ0) is 17.0. The first-order valence-corrected chi connectivity index (χ1v) is 10.3. The summed E-state index contributed by atoms with van der Waals surface area (Å²) in [5, 5.41) is 0. The molecule has 0 saturated heterocycles. The van der Waals surface area contributed by atoms with E-state index in [9.17, 15) is 8.42 Å². The molecule has 0 fully saturated rings. The molecule has 0 heterocycles. The Kier molecular flexibility index (Phi) is 9.96. The quantitative estimate of drug-likeness (QED) is 0.419. The fourth-order valence-electron chi connectivity index (χ4n) is 2.55. The highest BCUT2D eigenvalue weighted by atomic mass is 32.2. The minimum atomic E-state index is -3.90. The number of hydrogen-bond donors (Lipinski definition) is 1. The first-order chi connectivity index (χ1) is 11.0. The van der Waals surface area contributed by atoms with Crippen LogP contribution in [0.4, 0.5) is 0 Å². The largest absolute Gasteiger partial charge is 0.493 e. The van der Waals surface area contributed by atoms with E-state index in [-0.39, 0.29) is 5.75 Å². The number of benzene rings is 1. The zero-order valence-electron chi connectivity index (χ0n) is 14.2. The lowest BCUT2D eigenvalue weighted by molar-refractivity contribution is 0.312. The topological polar surface area (TPSA) is 63.6 Å². The van der Waals surface area contributed by atoms with Crippen molar-refractivity contribution in [3.63, 3.8) is 0 Å². The maximum Gasteiger partial charge on any atom is 0.264 e. The molecule has 0 spiro atoms. The fourth-order valence-corrected chi connectivity index (χ4v) is 3.03. The zero-order valence-corrected chi connectivity index (χ0v) is 15.0. The molecule has 1 N–H and O–H groups in total. The van der Waals surface area contributed by atoms with Gasteiger partial charge in [0, 0.05) is 0 Å². The van der Waals surface area contributed by atoms with Crippen LogP contribution in [0.25, 0.3) is 0 Å². The number of aryl methyl sites for hydroxylation is 1. The van der Waals surface area contributed by atoms with Crippen molar-refractivity contribution in [3.05, 3.63) is 29.8 Å². The van der Waals surface area contributed by atoms with Gasteiger partial charge in [-0.3, -0.25) is 4.55 Å². The molecule has 4 nitrogen and oxygen atoms in total. The minimum Gasteiger partial charge on any atom is -0.493 e. The van der Waals surface area contributed by atoms with E-state index in [1.165, 1.54) is 44.1 Å². The maximum atomic E-state index is 10.7. The summed E-state index contributed by atoms with van der Waals surface area (Å²) in [5.74, 6) is 0.571. The summed E-state index contributed by atoms with van der Waals surface area (Å²) in [4.78, 5) is 0. The first-order valence-electron chi connectivity index (χ1n) is 8.69. The molecule has 23 heavy (non-hydrogen) atoms. The molecule has 0 saturated carbocycles. The van der Waals surface area contributed by atoms with Gasteiger partial charge in [-0.2, -0.15) is 8.42 Å². The summed E-state index contributed by atoms with van der Waals surface area (Å²) < 4.78 is 35.7. The SMILES string of the molecule is CCCCCCCCCc1ccccc1OCCCS(=O)(=O)O. The molecule has 1 aromatic rings. The van der Waals surface area contributed by atoms with Gasteiger partial charge in [0.05, 0.1) is 12.4 Å². The summed E-state index contributed by atoms with van der Waals surface area (Å²) in [5.41, 5.74) is 1.17. The lowest BCUT2D eigenvalue weighted by Gasteiger charge is -2.11. The lowest BCUT2D eigenvalue weighted by Crippen LogP contribution is -2.09. The molecule has 132 valence electrons. The van der Waals surface area contributed by atoms with Crippen LogP contribution in [-0.4, -0.2) is 25.3 Å². The van der Waals surface area contributed by atoms with Crippen molar-refractivity contribution in [3.8, 4) is 5.75 Å². The Balaban J connectivity index is 2.27. The van der Waals surface area contributed by atoms with Crippen molar-refractivity contribution in [1.29, 1.82) is 0 Å². The van der Waals surface area contributed by atoms with Crippen LogP contribution >= 0.6 is 0 Å². The van der Waals surface area contributed by atoms with Crippen LogP contribution < -0.4 is 4.74 Å².